The Labute approximate surface area is 367 Å². The van der Waals surface area contributed by atoms with Crippen LogP contribution in [0, 0.1) is 0 Å². The highest BCUT2D eigenvalue weighted by molar-refractivity contribution is 6.20. The molecule has 3 nitrogen and oxygen atoms in total. The molecule has 0 radical (unpaired) electrons. The van der Waals surface area contributed by atoms with Crippen molar-refractivity contribution in [3.8, 4) is 39.1 Å². The number of nitrogens with zero attached hydrogens (tertiary/aromatic N) is 2. The normalized spacial score (nSPS) is 14.3. The van der Waals surface area contributed by atoms with Crippen LogP contribution in [0.3, 0.4) is 0 Å². The van der Waals surface area contributed by atoms with Crippen LogP contribution in [0.25, 0.3) is 82.8 Å². The van der Waals surface area contributed by atoms with E-state index in [-0.39, 0.29) is 10.8 Å². The Morgan fingerprint density at radius 3 is 1.86 bits per heavy atom. The molecule has 0 spiro atoms. The lowest BCUT2D eigenvalue weighted by molar-refractivity contribution is 0.660. The molecule has 0 saturated carbocycles. The summed E-state index contributed by atoms with van der Waals surface area (Å²) in [4.78, 5) is 2.53. The van der Waals surface area contributed by atoms with Crippen LogP contribution in [0.5, 0.6) is 0 Å². The molecule has 2 aliphatic rings. The maximum atomic E-state index is 6.91. The minimum absolute atomic E-state index is 0.155. The lowest BCUT2D eigenvalue weighted by Gasteiger charge is -2.31. The van der Waals surface area contributed by atoms with Crippen LogP contribution in [0.1, 0.15) is 49.9 Å². The van der Waals surface area contributed by atoms with Gasteiger partial charge in [0.2, 0.25) is 0 Å². The molecule has 63 heavy (non-hydrogen) atoms. The highest BCUT2D eigenvalue weighted by Crippen LogP contribution is 2.57. The van der Waals surface area contributed by atoms with E-state index in [1.165, 1.54) is 66.3 Å². The second kappa shape index (κ2) is 13.0. The van der Waals surface area contributed by atoms with Gasteiger partial charge in [-0.15, -0.1) is 0 Å². The van der Waals surface area contributed by atoms with E-state index in [0.717, 1.165) is 55.8 Å². The zero-order valence-electron chi connectivity index (χ0n) is 35.8. The number of aromatic nitrogens is 1. The number of benzene rings is 9. The predicted octanol–water partition coefficient (Wildman–Crippen LogP) is 16.4. The minimum atomic E-state index is -0.163. The van der Waals surface area contributed by atoms with Gasteiger partial charge in [-0.05, 0) is 111 Å². The van der Waals surface area contributed by atoms with E-state index in [9.17, 15) is 0 Å². The van der Waals surface area contributed by atoms with Crippen molar-refractivity contribution in [1.29, 1.82) is 0 Å². The monoisotopic (exact) mass is 808 g/mol. The van der Waals surface area contributed by atoms with Crippen molar-refractivity contribution in [1.82, 2.24) is 4.57 Å². The van der Waals surface area contributed by atoms with Gasteiger partial charge in [0.1, 0.15) is 11.2 Å². The molecule has 0 fully saturated rings. The van der Waals surface area contributed by atoms with Crippen molar-refractivity contribution in [3.05, 3.63) is 216 Å². The Bertz CT molecular complexity index is 3690. The third kappa shape index (κ3) is 4.96. The van der Waals surface area contributed by atoms with E-state index in [4.69, 9.17) is 4.42 Å². The summed E-state index contributed by atoms with van der Waals surface area (Å²) in [6.07, 6.45) is 0. The molecular formula is C60H44N2O. The molecule has 3 heteroatoms. The molecule has 0 bridgehead atoms. The van der Waals surface area contributed by atoms with Crippen LogP contribution in [0.15, 0.2) is 199 Å². The topological polar surface area (TPSA) is 21.3 Å². The van der Waals surface area contributed by atoms with Crippen molar-refractivity contribution in [3.63, 3.8) is 0 Å². The zero-order valence-corrected chi connectivity index (χ0v) is 35.8. The van der Waals surface area contributed by atoms with Gasteiger partial charge in [-0.2, -0.15) is 0 Å². The highest BCUT2D eigenvalue weighted by Gasteiger charge is 2.39. The van der Waals surface area contributed by atoms with E-state index in [0.29, 0.717) is 0 Å². The summed E-state index contributed by atoms with van der Waals surface area (Å²) in [6, 6.07) is 71.5. The summed E-state index contributed by atoms with van der Waals surface area (Å²) in [6.45, 7) is 9.47. The number of fused-ring (bicyclic) bond motifs is 12. The molecule has 0 saturated heterocycles. The summed E-state index contributed by atoms with van der Waals surface area (Å²) in [7, 11) is 0. The van der Waals surface area contributed by atoms with Crippen molar-refractivity contribution < 1.29 is 4.42 Å². The van der Waals surface area contributed by atoms with Gasteiger partial charge in [0.15, 0.2) is 0 Å². The molecule has 13 rings (SSSR count). The van der Waals surface area contributed by atoms with Gasteiger partial charge >= 0.3 is 0 Å². The van der Waals surface area contributed by atoms with Gasteiger partial charge < -0.3 is 13.9 Å². The first-order chi connectivity index (χ1) is 30.8. The molecule has 11 aromatic rings. The molecule has 2 aromatic heterocycles. The number of para-hydroxylation sites is 2. The van der Waals surface area contributed by atoms with Crippen LogP contribution in [0.4, 0.5) is 17.1 Å². The third-order valence-electron chi connectivity index (χ3n) is 14.4. The van der Waals surface area contributed by atoms with Crippen molar-refractivity contribution in [2.75, 3.05) is 4.90 Å². The maximum Gasteiger partial charge on any atom is 0.137 e. The fourth-order valence-corrected chi connectivity index (χ4v) is 11.4. The van der Waals surface area contributed by atoms with Gasteiger partial charge in [-0.3, -0.25) is 0 Å². The first kappa shape index (κ1) is 36.1. The standard InChI is InChI=1S/C60H44N2O/c1-59(2)47-24-12-9-21-45(47)56-48(59)25-15-27-51(56)62(39-32-34-42-41-19-8-11-23-46(41)60(3,4)49(42)36-39)52-28-16-30-55-58(52)57-40(22-14-29-54(57)63-55)37-31-33-44-43-20-10-13-26-50(43)61(53(44)35-37)38-17-6-5-7-18-38/h5-36H,1-4H3. The van der Waals surface area contributed by atoms with Gasteiger partial charge in [-0.25, -0.2) is 0 Å². The molecule has 0 unspecified atom stereocenters. The lowest BCUT2D eigenvalue weighted by Crippen LogP contribution is -2.17. The maximum absolute atomic E-state index is 6.91. The summed E-state index contributed by atoms with van der Waals surface area (Å²) in [5.41, 5.74) is 21.2. The molecule has 0 N–H and O–H groups in total. The number of anilines is 3. The molecule has 300 valence electrons. The van der Waals surface area contributed by atoms with E-state index in [1.54, 1.807) is 0 Å². The third-order valence-corrected chi connectivity index (χ3v) is 14.4. The second-order valence-corrected chi connectivity index (χ2v) is 18.5. The molecule has 0 amide bonds. The SMILES string of the molecule is CC1(C)c2ccccc2-c2ccc(N(c3cccc4c3-c3ccccc3C4(C)C)c3cccc4oc5cccc(-c6ccc7c8ccccc8n(-c8ccccc8)c7c6)c5c34)cc21. The number of hydrogen-bond donors (Lipinski definition) is 0. The smallest absolute Gasteiger partial charge is 0.137 e. The summed E-state index contributed by atoms with van der Waals surface area (Å²) in [5.74, 6) is 0. The molecule has 0 atom stereocenters. The average molecular weight is 809 g/mol. The number of rotatable bonds is 5. The summed E-state index contributed by atoms with van der Waals surface area (Å²) >= 11 is 0. The van der Waals surface area contributed by atoms with Crippen molar-refractivity contribution in [2.45, 2.75) is 38.5 Å². The highest BCUT2D eigenvalue weighted by atomic mass is 16.3. The predicted molar refractivity (Wildman–Crippen MR) is 263 cm³/mol. The van der Waals surface area contributed by atoms with E-state index in [2.05, 4.69) is 231 Å². The number of furan rings is 1. The van der Waals surface area contributed by atoms with Gasteiger partial charge in [0.25, 0.3) is 0 Å². The van der Waals surface area contributed by atoms with Gasteiger partial charge in [0, 0.05) is 43.9 Å². The first-order valence-corrected chi connectivity index (χ1v) is 22.1. The van der Waals surface area contributed by atoms with Crippen LogP contribution in [0.2, 0.25) is 0 Å². The second-order valence-electron chi connectivity index (χ2n) is 18.5. The fraction of sp³-hybridized carbons (Fsp3) is 0.100. The van der Waals surface area contributed by atoms with Gasteiger partial charge in [0.05, 0.1) is 27.8 Å². The summed E-state index contributed by atoms with van der Waals surface area (Å²) in [5, 5.41) is 4.68. The van der Waals surface area contributed by atoms with Crippen LogP contribution < -0.4 is 4.90 Å². The largest absolute Gasteiger partial charge is 0.456 e. The van der Waals surface area contributed by atoms with Crippen LogP contribution in [-0.2, 0) is 10.8 Å². The van der Waals surface area contributed by atoms with E-state index >= 15 is 0 Å². The zero-order chi connectivity index (χ0) is 42.2. The Kier molecular flexibility index (Phi) is 7.42. The Balaban J connectivity index is 1.10. The van der Waals surface area contributed by atoms with Gasteiger partial charge in [-0.1, -0.05) is 161 Å². The van der Waals surface area contributed by atoms with E-state index in [1.807, 2.05) is 0 Å². The van der Waals surface area contributed by atoms with Crippen LogP contribution >= 0.6 is 0 Å². The van der Waals surface area contributed by atoms with Crippen molar-refractivity contribution >= 4 is 60.8 Å². The molecule has 9 aromatic carbocycles. The fourth-order valence-electron chi connectivity index (χ4n) is 11.4. The Morgan fingerprint density at radius 1 is 0.413 bits per heavy atom. The van der Waals surface area contributed by atoms with Crippen molar-refractivity contribution in [2.24, 2.45) is 0 Å². The molecule has 2 aliphatic carbocycles. The quantitative estimate of drug-likeness (QED) is 0.173. The minimum Gasteiger partial charge on any atom is -0.456 e. The molecule has 0 aliphatic heterocycles. The molecule has 2 heterocycles. The first-order valence-electron chi connectivity index (χ1n) is 22.1. The Morgan fingerprint density at radius 2 is 1.02 bits per heavy atom. The number of hydrogen-bond acceptors (Lipinski definition) is 2. The van der Waals surface area contributed by atoms with E-state index < -0.39 is 0 Å². The Hall–Kier alpha value is -7.62. The average Bonchev–Trinajstić information content (AvgIpc) is 4.01. The molecular weight excluding hydrogens is 765 g/mol. The lowest BCUT2D eigenvalue weighted by atomic mass is 9.82. The van der Waals surface area contributed by atoms with Crippen LogP contribution in [-0.4, -0.2) is 4.57 Å². The summed E-state index contributed by atoms with van der Waals surface area (Å²) < 4.78 is 9.31.